The van der Waals surface area contributed by atoms with Crippen LogP contribution in [0, 0.1) is 5.92 Å². The smallest absolute Gasteiger partial charge is 0.0414 e. The van der Waals surface area contributed by atoms with Crippen molar-refractivity contribution in [3.05, 3.63) is 0 Å². The van der Waals surface area contributed by atoms with Gasteiger partial charge < -0.3 is 0 Å². The van der Waals surface area contributed by atoms with Gasteiger partial charge in [0.25, 0.3) is 0 Å². The average Bonchev–Trinajstić information content (AvgIpc) is 1.77. The van der Waals surface area contributed by atoms with Crippen molar-refractivity contribution in [3.8, 4) is 0 Å². The topological polar surface area (TPSA) is 12.4 Å². The third kappa shape index (κ3) is 1.32. The van der Waals surface area contributed by atoms with Gasteiger partial charge in [0.2, 0.25) is 0 Å². The molecule has 0 aliphatic carbocycles. The SMILES string of the molecule is CC1=NC[C@H](C)CC1. The second-order valence-electron chi connectivity index (χ2n) is 2.72. The van der Waals surface area contributed by atoms with Crippen molar-refractivity contribution in [2.45, 2.75) is 26.7 Å². The van der Waals surface area contributed by atoms with Gasteiger partial charge in [-0.05, 0) is 25.7 Å². The van der Waals surface area contributed by atoms with Crippen LogP contribution < -0.4 is 0 Å². The molecule has 0 aromatic heterocycles. The molecule has 0 saturated heterocycles. The zero-order valence-corrected chi connectivity index (χ0v) is 5.65. The minimum atomic E-state index is 0.832. The van der Waals surface area contributed by atoms with Gasteiger partial charge in [0, 0.05) is 12.3 Å². The summed E-state index contributed by atoms with van der Waals surface area (Å²) in [4.78, 5) is 4.33. The van der Waals surface area contributed by atoms with Crippen LogP contribution >= 0.6 is 0 Å². The van der Waals surface area contributed by atoms with Crippen LogP contribution in [-0.4, -0.2) is 12.3 Å². The predicted octanol–water partition coefficient (Wildman–Crippen LogP) is 1.88. The number of hydrogen-bond acceptors (Lipinski definition) is 1. The van der Waals surface area contributed by atoms with Gasteiger partial charge in [-0.2, -0.15) is 0 Å². The highest BCUT2D eigenvalue weighted by molar-refractivity contribution is 5.82. The lowest BCUT2D eigenvalue weighted by atomic mass is 10.0. The van der Waals surface area contributed by atoms with Crippen LogP contribution in [-0.2, 0) is 0 Å². The van der Waals surface area contributed by atoms with Gasteiger partial charge in [-0.3, -0.25) is 4.99 Å². The quantitative estimate of drug-likeness (QED) is 0.452. The second-order valence-corrected chi connectivity index (χ2v) is 2.72. The summed E-state index contributed by atoms with van der Waals surface area (Å²) in [6.45, 7) is 5.44. The Hall–Kier alpha value is -0.330. The molecule has 1 aliphatic heterocycles. The van der Waals surface area contributed by atoms with Crippen molar-refractivity contribution in [1.82, 2.24) is 0 Å². The van der Waals surface area contributed by atoms with Gasteiger partial charge >= 0.3 is 0 Å². The molecule has 1 atom stereocenters. The Morgan fingerprint density at radius 1 is 1.62 bits per heavy atom. The van der Waals surface area contributed by atoms with Crippen molar-refractivity contribution in [3.63, 3.8) is 0 Å². The second kappa shape index (κ2) is 2.29. The molecule has 1 rings (SSSR count). The molecular weight excluding hydrogens is 98.1 g/mol. The standard InChI is InChI=1S/C7H13N/c1-6-3-4-7(2)8-5-6/h6H,3-5H2,1-2H3/t6-/m1/s1. The van der Waals surface area contributed by atoms with E-state index in [1.165, 1.54) is 18.6 Å². The first-order valence-electron chi connectivity index (χ1n) is 3.29. The van der Waals surface area contributed by atoms with Gasteiger partial charge in [0.15, 0.2) is 0 Å². The lowest BCUT2D eigenvalue weighted by Crippen LogP contribution is -2.09. The Morgan fingerprint density at radius 3 is 2.75 bits per heavy atom. The van der Waals surface area contributed by atoms with E-state index >= 15 is 0 Å². The largest absolute Gasteiger partial charge is 0.294 e. The zero-order chi connectivity index (χ0) is 5.98. The first-order chi connectivity index (χ1) is 3.79. The molecule has 0 spiro atoms. The molecule has 1 heterocycles. The highest BCUT2D eigenvalue weighted by Crippen LogP contribution is 2.11. The van der Waals surface area contributed by atoms with Gasteiger partial charge in [-0.1, -0.05) is 6.92 Å². The fourth-order valence-electron chi connectivity index (χ4n) is 0.937. The zero-order valence-electron chi connectivity index (χ0n) is 5.65. The average molecular weight is 111 g/mol. The molecule has 0 saturated carbocycles. The lowest BCUT2D eigenvalue weighted by molar-refractivity contribution is 0.537. The van der Waals surface area contributed by atoms with Crippen molar-refractivity contribution in [2.24, 2.45) is 10.9 Å². The first kappa shape index (κ1) is 5.80. The van der Waals surface area contributed by atoms with E-state index in [0.29, 0.717) is 0 Å². The van der Waals surface area contributed by atoms with Crippen LogP contribution in [0.4, 0.5) is 0 Å². The maximum atomic E-state index is 4.33. The fraction of sp³-hybridized carbons (Fsp3) is 0.857. The van der Waals surface area contributed by atoms with E-state index < -0.39 is 0 Å². The molecule has 8 heavy (non-hydrogen) atoms. The molecule has 0 fully saturated rings. The van der Waals surface area contributed by atoms with Crippen LogP contribution in [0.15, 0.2) is 4.99 Å². The van der Waals surface area contributed by atoms with Gasteiger partial charge in [-0.15, -0.1) is 0 Å². The van der Waals surface area contributed by atoms with Crippen molar-refractivity contribution in [1.29, 1.82) is 0 Å². The Morgan fingerprint density at radius 2 is 2.38 bits per heavy atom. The molecule has 0 unspecified atom stereocenters. The molecule has 0 radical (unpaired) electrons. The molecule has 0 N–H and O–H groups in total. The number of hydrogen-bond donors (Lipinski definition) is 0. The maximum absolute atomic E-state index is 4.33. The van der Waals surface area contributed by atoms with Crippen molar-refractivity contribution in [2.75, 3.05) is 6.54 Å². The molecule has 0 bridgehead atoms. The Labute approximate surface area is 50.8 Å². The summed E-state index contributed by atoms with van der Waals surface area (Å²) in [5.41, 5.74) is 1.34. The summed E-state index contributed by atoms with van der Waals surface area (Å²) in [6, 6.07) is 0. The van der Waals surface area contributed by atoms with Crippen LogP contribution in [0.25, 0.3) is 0 Å². The van der Waals surface area contributed by atoms with E-state index in [1.54, 1.807) is 0 Å². The number of nitrogens with zero attached hydrogens (tertiary/aromatic N) is 1. The van der Waals surface area contributed by atoms with E-state index in [0.717, 1.165) is 12.5 Å². The number of aliphatic imine (C=N–C) groups is 1. The van der Waals surface area contributed by atoms with Crippen LogP contribution in [0.1, 0.15) is 26.7 Å². The third-order valence-corrected chi connectivity index (χ3v) is 1.67. The Balaban J connectivity index is 2.42. The summed E-state index contributed by atoms with van der Waals surface area (Å²) < 4.78 is 0. The summed E-state index contributed by atoms with van der Waals surface area (Å²) in [6.07, 6.45) is 2.57. The Bertz CT molecular complexity index is 105. The van der Waals surface area contributed by atoms with Crippen molar-refractivity contribution < 1.29 is 0 Å². The van der Waals surface area contributed by atoms with E-state index in [-0.39, 0.29) is 0 Å². The molecule has 1 aliphatic rings. The van der Waals surface area contributed by atoms with E-state index in [4.69, 9.17) is 0 Å². The molecule has 46 valence electrons. The van der Waals surface area contributed by atoms with Gasteiger partial charge in [0.1, 0.15) is 0 Å². The highest BCUT2D eigenvalue weighted by atomic mass is 14.7. The van der Waals surface area contributed by atoms with Crippen molar-refractivity contribution >= 4 is 5.71 Å². The van der Waals surface area contributed by atoms with E-state index in [9.17, 15) is 0 Å². The lowest BCUT2D eigenvalue weighted by Gasteiger charge is -2.13. The van der Waals surface area contributed by atoms with E-state index in [1.807, 2.05) is 0 Å². The van der Waals surface area contributed by atoms with Crippen LogP contribution in [0.2, 0.25) is 0 Å². The highest BCUT2D eigenvalue weighted by Gasteiger charge is 2.06. The first-order valence-corrected chi connectivity index (χ1v) is 3.29. The predicted molar refractivity (Wildman–Crippen MR) is 36.4 cm³/mol. The Kier molecular flexibility index (Phi) is 1.66. The molecule has 1 nitrogen and oxygen atoms in total. The maximum Gasteiger partial charge on any atom is 0.0414 e. The van der Waals surface area contributed by atoms with Gasteiger partial charge in [-0.25, -0.2) is 0 Å². The minimum absolute atomic E-state index is 0.832. The van der Waals surface area contributed by atoms with E-state index in [2.05, 4.69) is 18.8 Å². The monoisotopic (exact) mass is 111 g/mol. The third-order valence-electron chi connectivity index (χ3n) is 1.67. The summed E-state index contributed by atoms with van der Waals surface area (Å²) >= 11 is 0. The number of rotatable bonds is 0. The molecule has 0 amide bonds. The minimum Gasteiger partial charge on any atom is -0.294 e. The fourth-order valence-corrected chi connectivity index (χ4v) is 0.937. The van der Waals surface area contributed by atoms with Crippen LogP contribution in [0.3, 0.4) is 0 Å². The summed E-state index contributed by atoms with van der Waals surface area (Å²) in [5.74, 6) is 0.832. The van der Waals surface area contributed by atoms with Gasteiger partial charge in [0.05, 0.1) is 0 Å². The summed E-state index contributed by atoms with van der Waals surface area (Å²) in [5, 5.41) is 0. The normalized spacial score (nSPS) is 29.8. The molecular formula is C7H13N. The molecule has 1 heteroatoms. The molecule has 0 aromatic carbocycles. The molecule has 0 aromatic rings. The van der Waals surface area contributed by atoms with Crippen LogP contribution in [0.5, 0.6) is 0 Å². The summed E-state index contributed by atoms with van der Waals surface area (Å²) in [7, 11) is 0.